The molecule has 126 valence electrons. The first-order chi connectivity index (χ1) is 10.9. The number of carbonyl (C=O) groups excluding carboxylic acids is 2. The molecule has 0 aliphatic heterocycles. The van der Waals surface area contributed by atoms with Gasteiger partial charge in [-0.2, -0.15) is 0 Å². The zero-order valence-electron chi connectivity index (χ0n) is 12.7. The summed E-state index contributed by atoms with van der Waals surface area (Å²) < 4.78 is 4.98. The van der Waals surface area contributed by atoms with E-state index < -0.39 is 12.6 Å². The first-order valence-electron chi connectivity index (χ1n) is 7.13. The second-order valence-electron chi connectivity index (χ2n) is 4.68. The highest BCUT2D eigenvalue weighted by molar-refractivity contribution is 6.32. The van der Waals surface area contributed by atoms with Gasteiger partial charge in [0.1, 0.15) is 5.75 Å². The second-order valence-corrected chi connectivity index (χ2v) is 5.09. The highest BCUT2D eigenvalue weighted by Gasteiger charge is 2.08. The largest absolute Gasteiger partial charge is 0.480 e. The van der Waals surface area contributed by atoms with Crippen LogP contribution >= 0.6 is 11.6 Å². The van der Waals surface area contributed by atoms with Gasteiger partial charge in [-0.25, -0.2) is 4.79 Å². The SMILES string of the molecule is CCNC(=O)CCCC(=O)Nc1ccc(OCC(=O)O)c(Cl)c1. The molecule has 23 heavy (non-hydrogen) atoms. The second kappa shape index (κ2) is 9.68. The normalized spacial score (nSPS) is 10.0. The summed E-state index contributed by atoms with van der Waals surface area (Å²) in [5, 5.41) is 14.1. The molecule has 0 aliphatic carbocycles. The Morgan fingerprint density at radius 3 is 2.52 bits per heavy atom. The zero-order chi connectivity index (χ0) is 17.2. The number of amides is 2. The van der Waals surface area contributed by atoms with Crippen molar-refractivity contribution in [3.63, 3.8) is 0 Å². The molecule has 0 spiro atoms. The van der Waals surface area contributed by atoms with Gasteiger partial charge in [0.25, 0.3) is 0 Å². The minimum Gasteiger partial charge on any atom is -0.480 e. The van der Waals surface area contributed by atoms with E-state index in [2.05, 4.69) is 10.6 Å². The van der Waals surface area contributed by atoms with Crippen LogP contribution in [0.5, 0.6) is 5.75 Å². The molecule has 1 aromatic carbocycles. The number of hydrogen-bond donors (Lipinski definition) is 3. The van der Waals surface area contributed by atoms with E-state index in [9.17, 15) is 14.4 Å². The Morgan fingerprint density at radius 1 is 1.22 bits per heavy atom. The lowest BCUT2D eigenvalue weighted by Crippen LogP contribution is -2.22. The summed E-state index contributed by atoms with van der Waals surface area (Å²) in [5.74, 6) is -1.19. The minimum absolute atomic E-state index is 0.0803. The summed E-state index contributed by atoms with van der Waals surface area (Å²) >= 11 is 5.95. The zero-order valence-corrected chi connectivity index (χ0v) is 13.5. The van der Waals surface area contributed by atoms with Gasteiger partial charge < -0.3 is 20.5 Å². The van der Waals surface area contributed by atoms with Gasteiger partial charge in [-0.1, -0.05) is 11.6 Å². The summed E-state index contributed by atoms with van der Waals surface area (Å²) in [6.07, 6.45) is 0.960. The maximum Gasteiger partial charge on any atom is 0.341 e. The molecule has 0 unspecified atom stereocenters. The van der Waals surface area contributed by atoms with Crippen molar-refractivity contribution in [2.75, 3.05) is 18.5 Å². The number of carboxylic acid groups (broad SMARTS) is 1. The van der Waals surface area contributed by atoms with Crippen molar-refractivity contribution in [2.24, 2.45) is 0 Å². The minimum atomic E-state index is -1.11. The number of hydrogen-bond acceptors (Lipinski definition) is 4. The summed E-state index contributed by atoms with van der Waals surface area (Å²) in [4.78, 5) is 33.5. The Kier molecular flexibility index (Phi) is 7.90. The molecule has 0 atom stereocenters. The number of halogens is 1. The van der Waals surface area contributed by atoms with Crippen LogP contribution in [-0.4, -0.2) is 36.0 Å². The predicted molar refractivity (Wildman–Crippen MR) is 85.7 cm³/mol. The van der Waals surface area contributed by atoms with Crippen LogP contribution in [0.1, 0.15) is 26.2 Å². The average Bonchev–Trinajstić information content (AvgIpc) is 2.46. The van der Waals surface area contributed by atoms with Crippen LogP contribution in [0.4, 0.5) is 5.69 Å². The monoisotopic (exact) mass is 342 g/mol. The summed E-state index contributed by atoms with van der Waals surface area (Å²) in [6, 6.07) is 4.51. The third-order valence-electron chi connectivity index (χ3n) is 2.75. The molecule has 2 amide bonds. The number of rotatable bonds is 9. The summed E-state index contributed by atoms with van der Waals surface area (Å²) in [5.41, 5.74) is 0.473. The Bertz CT molecular complexity index is 577. The lowest BCUT2D eigenvalue weighted by atomic mass is 10.2. The molecule has 0 aliphatic rings. The first-order valence-corrected chi connectivity index (χ1v) is 7.51. The van der Waals surface area contributed by atoms with Crippen LogP contribution in [0.3, 0.4) is 0 Å². The number of nitrogens with one attached hydrogen (secondary N) is 2. The van der Waals surface area contributed by atoms with Gasteiger partial charge in [-0.3, -0.25) is 9.59 Å². The highest BCUT2D eigenvalue weighted by Crippen LogP contribution is 2.27. The molecule has 0 fully saturated rings. The third-order valence-corrected chi connectivity index (χ3v) is 3.04. The van der Waals surface area contributed by atoms with Gasteiger partial charge in [-0.15, -0.1) is 0 Å². The number of aliphatic carboxylic acids is 1. The number of carboxylic acids is 1. The molecule has 7 nitrogen and oxygen atoms in total. The van der Waals surface area contributed by atoms with Crippen molar-refractivity contribution in [3.8, 4) is 5.75 Å². The van der Waals surface area contributed by atoms with Crippen molar-refractivity contribution in [1.29, 1.82) is 0 Å². The van der Waals surface area contributed by atoms with E-state index in [-0.39, 0.29) is 29.0 Å². The fraction of sp³-hybridized carbons (Fsp3) is 0.400. The Balaban J connectivity index is 2.44. The van der Waals surface area contributed by atoms with Gasteiger partial charge in [0.15, 0.2) is 6.61 Å². The Hall–Kier alpha value is -2.28. The van der Waals surface area contributed by atoms with Crippen LogP contribution in [0.2, 0.25) is 5.02 Å². The molecular formula is C15H19ClN2O5. The van der Waals surface area contributed by atoms with Gasteiger partial charge in [0, 0.05) is 25.1 Å². The lowest BCUT2D eigenvalue weighted by molar-refractivity contribution is -0.139. The van der Waals surface area contributed by atoms with Crippen molar-refractivity contribution in [1.82, 2.24) is 5.32 Å². The number of benzene rings is 1. The molecular weight excluding hydrogens is 324 g/mol. The maximum atomic E-state index is 11.8. The van der Waals surface area contributed by atoms with E-state index >= 15 is 0 Å². The van der Waals surface area contributed by atoms with Crippen molar-refractivity contribution >= 4 is 35.1 Å². The molecule has 0 radical (unpaired) electrons. The molecule has 1 aromatic rings. The van der Waals surface area contributed by atoms with Crippen molar-refractivity contribution in [2.45, 2.75) is 26.2 Å². The molecule has 1 rings (SSSR count). The van der Waals surface area contributed by atoms with Crippen LogP contribution < -0.4 is 15.4 Å². The van der Waals surface area contributed by atoms with Gasteiger partial charge in [0.05, 0.1) is 5.02 Å². The van der Waals surface area contributed by atoms with E-state index in [1.54, 1.807) is 6.07 Å². The van der Waals surface area contributed by atoms with Crippen LogP contribution in [-0.2, 0) is 14.4 Å². The van der Waals surface area contributed by atoms with Gasteiger partial charge >= 0.3 is 5.97 Å². The quantitative estimate of drug-likeness (QED) is 0.637. The van der Waals surface area contributed by atoms with Gasteiger partial charge in [0.2, 0.25) is 11.8 Å². The molecule has 0 aromatic heterocycles. The molecule has 0 bridgehead atoms. The Labute approximate surface area is 139 Å². The number of ether oxygens (including phenoxy) is 1. The predicted octanol–water partition coefficient (Wildman–Crippen LogP) is 2.05. The Morgan fingerprint density at radius 2 is 1.91 bits per heavy atom. The van der Waals surface area contributed by atoms with Gasteiger partial charge in [-0.05, 0) is 31.5 Å². The van der Waals surface area contributed by atoms with Crippen molar-refractivity contribution in [3.05, 3.63) is 23.2 Å². The van der Waals surface area contributed by atoms with Crippen LogP contribution in [0.25, 0.3) is 0 Å². The fourth-order valence-corrected chi connectivity index (χ4v) is 1.99. The topological polar surface area (TPSA) is 105 Å². The number of carbonyl (C=O) groups is 3. The van der Waals surface area contributed by atoms with Crippen molar-refractivity contribution < 1.29 is 24.2 Å². The average molecular weight is 343 g/mol. The van der Waals surface area contributed by atoms with Crippen LogP contribution in [0, 0.1) is 0 Å². The molecule has 8 heteroatoms. The standard InChI is InChI=1S/C15H19ClN2O5/c1-2-17-13(19)4-3-5-14(20)18-10-6-7-12(11(16)8-10)23-9-15(21)22/h6-8H,2-5,9H2,1H3,(H,17,19)(H,18,20)(H,21,22). The lowest BCUT2D eigenvalue weighted by Gasteiger charge is -2.09. The third kappa shape index (κ3) is 7.51. The summed E-state index contributed by atoms with van der Waals surface area (Å²) in [7, 11) is 0. The number of anilines is 1. The molecule has 0 saturated heterocycles. The van der Waals surface area contributed by atoms with E-state index in [0.717, 1.165) is 0 Å². The summed E-state index contributed by atoms with van der Waals surface area (Å²) in [6.45, 7) is 1.91. The smallest absolute Gasteiger partial charge is 0.341 e. The molecule has 0 saturated carbocycles. The van der Waals surface area contributed by atoms with E-state index in [0.29, 0.717) is 25.1 Å². The van der Waals surface area contributed by atoms with E-state index in [1.807, 2.05) is 6.92 Å². The molecule has 3 N–H and O–H groups in total. The highest BCUT2D eigenvalue weighted by atomic mass is 35.5. The fourth-order valence-electron chi connectivity index (χ4n) is 1.75. The maximum absolute atomic E-state index is 11.8. The molecule has 0 heterocycles. The van der Waals surface area contributed by atoms with E-state index in [4.69, 9.17) is 21.4 Å². The first kappa shape index (κ1) is 18.8. The van der Waals surface area contributed by atoms with Crippen LogP contribution in [0.15, 0.2) is 18.2 Å². The van der Waals surface area contributed by atoms with E-state index in [1.165, 1.54) is 12.1 Å².